The van der Waals surface area contributed by atoms with Crippen molar-refractivity contribution in [2.45, 2.75) is 98.0 Å². The Hall–Kier alpha value is -0.830. The van der Waals surface area contributed by atoms with Crippen LogP contribution in [0.4, 0.5) is 0 Å². The van der Waals surface area contributed by atoms with E-state index in [2.05, 4.69) is 26.8 Å². The predicted octanol–water partition coefficient (Wildman–Crippen LogP) is 5.91. The molecule has 4 rings (SSSR count). The number of aliphatic hydroxyl groups is 1. The molecule has 0 unspecified atom stereocenters. The Bertz CT molecular complexity index is 654. The molecule has 0 aromatic rings. The van der Waals surface area contributed by atoms with Gasteiger partial charge in [0.1, 0.15) is 0 Å². The summed E-state index contributed by atoms with van der Waals surface area (Å²) in [6.07, 6.45) is 13.7. The monoisotopic (exact) mass is 402 g/mol. The van der Waals surface area contributed by atoms with Gasteiger partial charge in [-0.05, 0) is 99.7 Å². The van der Waals surface area contributed by atoms with Crippen LogP contribution in [-0.4, -0.2) is 23.8 Å². The molecule has 29 heavy (non-hydrogen) atoms. The van der Waals surface area contributed by atoms with Crippen LogP contribution in [0.2, 0.25) is 0 Å². The minimum Gasteiger partial charge on any atom is -0.466 e. The summed E-state index contributed by atoms with van der Waals surface area (Å²) in [6.45, 7) is 9.69. The number of rotatable bonds is 5. The molecule has 0 aromatic heterocycles. The maximum Gasteiger partial charge on any atom is 0.305 e. The molecule has 3 fully saturated rings. The molecular weight excluding hydrogens is 360 g/mol. The molecule has 3 heteroatoms. The van der Waals surface area contributed by atoms with Crippen LogP contribution in [0.15, 0.2) is 11.6 Å². The Morgan fingerprint density at radius 1 is 1.24 bits per heavy atom. The SMILES string of the molecule is CCOC(=O)CC[C@@H](C)[C@@H]1CC[C@H]2[C@H]3CC=C4CCC[C@@H](O)[C@]4(C)[C@@H]3CC[C@@]21C. The molecule has 8 atom stereocenters. The van der Waals surface area contributed by atoms with Crippen LogP contribution < -0.4 is 0 Å². The standard InChI is InChI=1S/C26H42O3/c1-5-29-24(28)14-9-17(2)20-12-13-21-19-11-10-18-7-6-8-23(27)26(18,4)22(19)15-16-25(20,21)3/h10,17,19-23,27H,5-9,11-16H2,1-4H3/t17-,19-,20+,21+,22-,23-,25-,26+/m1/s1. The molecule has 0 amide bonds. The van der Waals surface area contributed by atoms with Crippen molar-refractivity contribution in [3.8, 4) is 0 Å². The number of carbonyl (C=O) groups excluding carboxylic acids is 1. The lowest BCUT2D eigenvalue weighted by Crippen LogP contribution is -2.54. The van der Waals surface area contributed by atoms with Crippen molar-refractivity contribution in [2.75, 3.05) is 6.61 Å². The van der Waals surface area contributed by atoms with Crippen LogP contribution in [-0.2, 0) is 9.53 Å². The summed E-state index contributed by atoms with van der Waals surface area (Å²) in [4.78, 5) is 11.9. The van der Waals surface area contributed by atoms with E-state index in [1.54, 1.807) is 5.57 Å². The van der Waals surface area contributed by atoms with Crippen molar-refractivity contribution in [1.29, 1.82) is 0 Å². The van der Waals surface area contributed by atoms with Gasteiger partial charge >= 0.3 is 5.97 Å². The van der Waals surface area contributed by atoms with Gasteiger partial charge in [-0.15, -0.1) is 0 Å². The number of esters is 1. The third-order valence-electron chi connectivity index (χ3n) is 10.0. The normalized spacial score (nSPS) is 44.9. The molecule has 0 aliphatic heterocycles. The molecule has 0 aromatic carbocycles. The summed E-state index contributed by atoms with van der Waals surface area (Å²) >= 11 is 0. The minimum absolute atomic E-state index is 0.0239. The van der Waals surface area contributed by atoms with Crippen molar-refractivity contribution in [1.82, 2.24) is 0 Å². The molecule has 4 aliphatic carbocycles. The average molecular weight is 403 g/mol. The third-order valence-corrected chi connectivity index (χ3v) is 10.0. The van der Waals surface area contributed by atoms with E-state index in [0.717, 1.165) is 37.0 Å². The van der Waals surface area contributed by atoms with Gasteiger partial charge in [-0.2, -0.15) is 0 Å². The maximum atomic E-state index is 11.9. The van der Waals surface area contributed by atoms with E-state index in [9.17, 15) is 9.90 Å². The number of fused-ring (bicyclic) bond motifs is 5. The largest absolute Gasteiger partial charge is 0.466 e. The van der Waals surface area contributed by atoms with E-state index >= 15 is 0 Å². The molecule has 3 saturated carbocycles. The quantitative estimate of drug-likeness (QED) is 0.459. The van der Waals surface area contributed by atoms with Gasteiger partial charge in [0.05, 0.1) is 12.7 Å². The fourth-order valence-electron chi connectivity index (χ4n) is 8.47. The van der Waals surface area contributed by atoms with Crippen molar-refractivity contribution in [3.05, 3.63) is 11.6 Å². The van der Waals surface area contributed by atoms with Crippen LogP contribution in [0.1, 0.15) is 91.9 Å². The first kappa shape index (κ1) is 21.4. The molecule has 0 radical (unpaired) electrons. The number of ether oxygens (including phenoxy) is 1. The Morgan fingerprint density at radius 2 is 2.03 bits per heavy atom. The fourth-order valence-corrected chi connectivity index (χ4v) is 8.47. The highest BCUT2D eigenvalue weighted by atomic mass is 16.5. The van der Waals surface area contributed by atoms with E-state index < -0.39 is 0 Å². The van der Waals surface area contributed by atoms with Gasteiger partial charge in [-0.3, -0.25) is 4.79 Å². The first-order valence-corrected chi connectivity index (χ1v) is 12.4. The summed E-state index contributed by atoms with van der Waals surface area (Å²) < 4.78 is 5.16. The van der Waals surface area contributed by atoms with Gasteiger partial charge in [0, 0.05) is 11.8 Å². The molecule has 3 nitrogen and oxygen atoms in total. The van der Waals surface area contributed by atoms with Crippen LogP contribution in [0, 0.1) is 40.4 Å². The van der Waals surface area contributed by atoms with E-state index in [1.807, 2.05) is 6.92 Å². The molecule has 1 N–H and O–H groups in total. The Balaban J connectivity index is 1.50. The van der Waals surface area contributed by atoms with Gasteiger partial charge in [-0.25, -0.2) is 0 Å². The molecule has 0 saturated heterocycles. The molecule has 0 spiro atoms. The van der Waals surface area contributed by atoms with Crippen LogP contribution in [0.3, 0.4) is 0 Å². The van der Waals surface area contributed by atoms with Crippen molar-refractivity contribution in [3.63, 3.8) is 0 Å². The second-order valence-electron chi connectivity index (χ2n) is 11.1. The highest BCUT2D eigenvalue weighted by molar-refractivity contribution is 5.69. The molecule has 4 aliphatic rings. The van der Waals surface area contributed by atoms with Crippen molar-refractivity contribution in [2.24, 2.45) is 40.4 Å². The van der Waals surface area contributed by atoms with Crippen molar-refractivity contribution < 1.29 is 14.6 Å². The summed E-state index contributed by atoms with van der Waals surface area (Å²) in [6, 6.07) is 0. The predicted molar refractivity (Wildman–Crippen MR) is 116 cm³/mol. The first-order chi connectivity index (χ1) is 13.8. The van der Waals surface area contributed by atoms with E-state index in [1.165, 1.54) is 38.5 Å². The number of carbonyl (C=O) groups is 1. The van der Waals surface area contributed by atoms with Crippen LogP contribution >= 0.6 is 0 Å². The second kappa shape index (κ2) is 8.02. The van der Waals surface area contributed by atoms with Crippen molar-refractivity contribution >= 4 is 5.97 Å². The topological polar surface area (TPSA) is 46.5 Å². The average Bonchev–Trinajstić information content (AvgIpc) is 3.05. The van der Waals surface area contributed by atoms with Gasteiger partial charge < -0.3 is 9.84 Å². The molecule has 164 valence electrons. The third kappa shape index (κ3) is 3.40. The first-order valence-electron chi connectivity index (χ1n) is 12.4. The zero-order valence-electron chi connectivity index (χ0n) is 19.1. The zero-order chi connectivity index (χ0) is 20.8. The lowest BCUT2D eigenvalue weighted by molar-refractivity contribution is -0.143. The summed E-state index contributed by atoms with van der Waals surface area (Å²) in [5.74, 6) is 3.43. The Kier molecular flexibility index (Phi) is 5.92. The summed E-state index contributed by atoms with van der Waals surface area (Å²) in [5.41, 5.74) is 1.99. The van der Waals surface area contributed by atoms with Gasteiger partial charge in [0.15, 0.2) is 0 Å². The number of hydrogen-bond acceptors (Lipinski definition) is 3. The highest BCUT2D eigenvalue weighted by Gasteiger charge is 2.60. The van der Waals surface area contributed by atoms with E-state index in [0.29, 0.717) is 30.3 Å². The lowest BCUT2D eigenvalue weighted by Gasteiger charge is -2.59. The van der Waals surface area contributed by atoms with Crippen LogP contribution in [0.5, 0.6) is 0 Å². The van der Waals surface area contributed by atoms with E-state index in [4.69, 9.17) is 4.74 Å². The zero-order valence-corrected chi connectivity index (χ0v) is 19.1. The highest BCUT2D eigenvalue weighted by Crippen LogP contribution is 2.67. The summed E-state index contributed by atoms with van der Waals surface area (Å²) in [5, 5.41) is 11.0. The second-order valence-corrected chi connectivity index (χ2v) is 11.1. The summed E-state index contributed by atoms with van der Waals surface area (Å²) in [7, 11) is 0. The lowest BCUT2D eigenvalue weighted by atomic mass is 9.46. The smallest absolute Gasteiger partial charge is 0.305 e. The van der Waals surface area contributed by atoms with Crippen LogP contribution in [0.25, 0.3) is 0 Å². The molecular formula is C26H42O3. The maximum absolute atomic E-state index is 11.9. The molecule has 0 heterocycles. The molecule has 0 bridgehead atoms. The minimum atomic E-state index is -0.152. The van der Waals surface area contributed by atoms with E-state index in [-0.39, 0.29) is 17.5 Å². The van der Waals surface area contributed by atoms with Gasteiger partial charge in [0.2, 0.25) is 0 Å². The Morgan fingerprint density at radius 3 is 2.79 bits per heavy atom. The number of hydrogen-bond donors (Lipinski definition) is 1. The number of allylic oxidation sites excluding steroid dienone is 1. The van der Waals surface area contributed by atoms with Gasteiger partial charge in [-0.1, -0.05) is 32.4 Å². The van der Waals surface area contributed by atoms with Gasteiger partial charge in [0.25, 0.3) is 0 Å². The fraction of sp³-hybridized carbons (Fsp3) is 0.885. The Labute approximate surface area is 177 Å². The number of aliphatic hydroxyl groups excluding tert-OH is 1.